The van der Waals surface area contributed by atoms with E-state index < -0.39 is 12.1 Å². The van der Waals surface area contributed by atoms with E-state index in [0.717, 1.165) is 5.56 Å². The zero-order valence-corrected chi connectivity index (χ0v) is 9.70. The Hall–Kier alpha value is -1.04. The van der Waals surface area contributed by atoms with Crippen molar-refractivity contribution in [2.24, 2.45) is 0 Å². The van der Waals surface area contributed by atoms with Crippen molar-refractivity contribution in [1.29, 1.82) is 0 Å². The normalized spacial score (nSPS) is 12.4. The molecule has 0 saturated carbocycles. The molecule has 1 unspecified atom stereocenters. The first-order chi connectivity index (χ1) is 7.56. The van der Waals surface area contributed by atoms with Gasteiger partial charge >= 0.3 is 5.97 Å². The molecule has 3 N–H and O–H groups in total. The zero-order valence-electron chi connectivity index (χ0n) is 8.88. The number of aromatic carboxylic acids is 1. The molecule has 0 heterocycles. The van der Waals surface area contributed by atoms with E-state index in [1.54, 1.807) is 6.07 Å². The van der Waals surface area contributed by atoms with E-state index in [2.05, 4.69) is 0 Å². The molecule has 0 radical (unpaired) electrons. The summed E-state index contributed by atoms with van der Waals surface area (Å²) in [5, 5.41) is 26.9. The molecule has 0 bridgehead atoms. The van der Waals surface area contributed by atoms with Crippen molar-refractivity contribution in [2.75, 3.05) is 12.4 Å². The van der Waals surface area contributed by atoms with Crippen LogP contribution in [0.1, 0.15) is 15.9 Å². The first kappa shape index (κ1) is 13.0. The third kappa shape index (κ3) is 3.23. The molecular weight excluding hydrogens is 228 g/mol. The molecule has 4 nitrogen and oxygen atoms in total. The van der Waals surface area contributed by atoms with Gasteiger partial charge in [0, 0.05) is 10.6 Å². The van der Waals surface area contributed by atoms with Gasteiger partial charge in [-0.05, 0) is 18.6 Å². The molecule has 16 heavy (non-hydrogen) atoms. The second kappa shape index (κ2) is 5.89. The molecule has 0 amide bonds. The first-order valence-electron chi connectivity index (χ1n) is 4.81. The Morgan fingerprint density at radius 1 is 1.50 bits per heavy atom. The maximum atomic E-state index is 11.0. The maximum Gasteiger partial charge on any atom is 0.336 e. The molecule has 0 saturated heterocycles. The Bertz CT molecular complexity index is 378. The van der Waals surface area contributed by atoms with Crippen LogP contribution in [0.5, 0.6) is 0 Å². The summed E-state index contributed by atoms with van der Waals surface area (Å²) in [6.07, 6.45) is -0.828. The Kier molecular flexibility index (Phi) is 4.79. The van der Waals surface area contributed by atoms with Crippen LogP contribution in [0, 0.1) is 6.92 Å². The molecule has 0 fully saturated rings. The minimum absolute atomic E-state index is 0.232. The van der Waals surface area contributed by atoms with E-state index in [4.69, 9.17) is 10.2 Å². The predicted octanol–water partition coefficient (Wildman–Crippen LogP) is 1.14. The minimum Gasteiger partial charge on any atom is -0.478 e. The molecule has 5 heteroatoms. The van der Waals surface area contributed by atoms with Crippen LogP contribution in [0.4, 0.5) is 0 Å². The van der Waals surface area contributed by atoms with E-state index in [-0.39, 0.29) is 17.9 Å². The Labute approximate surface area is 97.9 Å². The summed E-state index contributed by atoms with van der Waals surface area (Å²) in [6.45, 7) is 1.50. The summed E-state index contributed by atoms with van der Waals surface area (Å²) in [5.41, 5.74) is 1.09. The van der Waals surface area contributed by atoms with Crippen LogP contribution in [0.2, 0.25) is 0 Å². The fraction of sp³-hybridized carbons (Fsp3) is 0.364. The van der Waals surface area contributed by atoms with Gasteiger partial charge in [-0.2, -0.15) is 0 Å². The molecule has 0 aromatic heterocycles. The second-order valence-corrected chi connectivity index (χ2v) is 4.43. The molecular formula is C11H14O4S. The third-order valence-corrected chi connectivity index (χ3v) is 3.46. The van der Waals surface area contributed by atoms with E-state index in [0.29, 0.717) is 4.90 Å². The lowest BCUT2D eigenvalue weighted by molar-refractivity contribution is 0.0693. The third-order valence-electron chi connectivity index (χ3n) is 2.07. The lowest BCUT2D eigenvalue weighted by Gasteiger charge is -2.11. The molecule has 0 aliphatic carbocycles. The lowest BCUT2D eigenvalue weighted by Crippen LogP contribution is -2.15. The number of hydrogen-bond acceptors (Lipinski definition) is 4. The van der Waals surface area contributed by atoms with E-state index in [9.17, 15) is 9.90 Å². The first-order valence-corrected chi connectivity index (χ1v) is 5.79. The van der Waals surface area contributed by atoms with Gasteiger partial charge in [-0.1, -0.05) is 12.1 Å². The summed E-state index contributed by atoms with van der Waals surface area (Å²) < 4.78 is 0. The molecule has 0 spiro atoms. The molecule has 1 aromatic carbocycles. The zero-order chi connectivity index (χ0) is 12.1. The molecule has 1 aromatic rings. The number of rotatable bonds is 5. The Balaban J connectivity index is 2.88. The van der Waals surface area contributed by atoms with Crippen LogP contribution in [-0.4, -0.2) is 39.8 Å². The van der Waals surface area contributed by atoms with E-state index in [1.807, 2.05) is 13.0 Å². The summed E-state index contributed by atoms with van der Waals surface area (Å²) in [5.74, 6) is -0.702. The number of benzene rings is 1. The molecule has 0 aliphatic rings. The van der Waals surface area contributed by atoms with Crippen molar-refractivity contribution in [3.05, 3.63) is 29.3 Å². The van der Waals surface area contributed by atoms with E-state index >= 15 is 0 Å². The standard InChI is InChI=1S/C11H14O4S/c1-7-3-2-4-9(11(14)15)10(7)16-6-8(13)5-12/h2-4,8,12-13H,5-6H2,1H3,(H,14,15). The highest BCUT2D eigenvalue weighted by atomic mass is 32.2. The van der Waals surface area contributed by atoms with Crippen LogP contribution >= 0.6 is 11.8 Å². The maximum absolute atomic E-state index is 11.0. The molecule has 1 atom stereocenters. The van der Waals surface area contributed by atoms with Crippen molar-refractivity contribution in [1.82, 2.24) is 0 Å². The average Bonchev–Trinajstić information content (AvgIpc) is 2.26. The van der Waals surface area contributed by atoms with Gasteiger partial charge in [-0.15, -0.1) is 11.8 Å². The molecule has 0 aliphatic heterocycles. The lowest BCUT2D eigenvalue weighted by atomic mass is 10.1. The van der Waals surface area contributed by atoms with Gasteiger partial charge in [-0.3, -0.25) is 0 Å². The summed E-state index contributed by atoms with van der Waals surface area (Å²) in [7, 11) is 0. The molecule has 88 valence electrons. The van der Waals surface area contributed by atoms with Crippen molar-refractivity contribution < 1.29 is 20.1 Å². The van der Waals surface area contributed by atoms with Crippen LogP contribution in [0.15, 0.2) is 23.1 Å². The van der Waals surface area contributed by atoms with Gasteiger partial charge in [0.25, 0.3) is 0 Å². The van der Waals surface area contributed by atoms with Gasteiger partial charge in [0.2, 0.25) is 0 Å². The van der Waals surface area contributed by atoms with Crippen LogP contribution < -0.4 is 0 Å². The van der Waals surface area contributed by atoms with Crippen molar-refractivity contribution >= 4 is 17.7 Å². The fourth-order valence-corrected chi connectivity index (χ4v) is 2.32. The SMILES string of the molecule is Cc1cccc(C(=O)O)c1SCC(O)CO. The number of aliphatic hydroxyl groups excluding tert-OH is 2. The monoisotopic (exact) mass is 242 g/mol. The predicted molar refractivity (Wildman–Crippen MR) is 62.0 cm³/mol. The van der Waals surface area contributed by atoms with Crippen molar-refractivity contribution in [2.45, 2.75) is 17.9 Å². The van der Waals surface area contributed by atoms with Crippen LogP contribution in [0.25, 0.3) is 0 Å². The van der Waals surface area contributed by atoms with Gasteiger partial charge in [0.1, 0.15) is 0 Å². The highest BCUT2D eigenvalue weighted by Crippen LogP contribution is 2.27. The van der Waals surface area contributed by atoms with Gasteiger partial charge in [0.15, 0.2) is 0 Å². The Morgan fingerprint density at radius 2 is 2.19 bits per heavy atom. The van der Waals surface area contributed by atoms with Gasteiger partial charge in [0.05, 0.1) is 18.3 Å². The van der Waals surface area contributed by atoms with E-state index in [1.165, 1.54) is 17.8 Å². The number of carboxylic acids is 1. The summed E-state index contributed by atoms with van der Waals surface area (Å²) in [6, 6.07) is 5.04. The largest absolute Gasteiger partial charge is 0.478 e. The smallest absolute Gasteiger partial charge is 0.336 e. The quantitative estimate of drug-likeness (QED) is 0.675. The van der Waals surface area contributed by atoms with Gasteiger partial charge < -0.3 is 15.3 Å². The van der Waals surface area contributed by atoms with Crippen molar-refractivity contribution in [3.63, 3.8) is 0 Å². The number of carboxylic acid groups (broad SMARTS) is 1. The van der Waals surface area contributed by atoms with Crippen LogP contribution in [0.3, 0.4) is 0 Å². The minimum atomic E-state index is -0.982. The Morgan fingerprint density at radius 3 is 2.75 bits per heavy atom. The van der Waals surface area contributed by atoms with Gasteiger partial charge in [-0.25, -0.2) is 4.79 Å². The highest BCUT2D eigenvalue weighted by molar-refractivity contribution is 7.99. The van der Waals surface area contributed by atoms with Crippen LogP contribution in [-0.2, 0) is 0 Å². The molecule has 1 rings (SSSR count). The highest BCUT2D eigenvalue weighted by Gasteiger charge is 2.13. The average molecular weight is 242 g/mol. The number of aliphatic hydroxyl groups is 2. The fourth-order valence-electron chi connectivity index (χ4n) is 1.24. The van der Waals surface area contributed by atoms with Crippen molar-refractivity contribution in [3.8, 4) is 0 Å². The number of carbonyl (C=O) groups is 1. The summed E-state index contributed by atoms with van der Waals surface area (Å²) >= 11 is 1.24. The second-order valence-electron chi connectivity index (χ2n) is 3.40. The summed E-state index contributed by atoms with van der Waals surface area (Å²) in [4.78, 5) is 11.6. The topological polar surface area (TPSA) is 77.8 Å². The number of hydrogen-bond donors (Lipinski definition) is 3. The number of thioether (sulfide) groups is 1. The number of aryl methyl sites for hydroxylation is 1.